The fourth-order valence-corrected chi connectivity index (χ4v) is 4.18. The van der Waals surface area contributed by atoms with Gasteiger partial charge in [0.15, 0.2) is 11.0 Å². The Bertz CT molecular complexity index is 1440. The quantitative estimate of drug-likeness (QED) is 0.265. The summed E-state index contributed by atoms with van der Waals surface area (Å²) in [6.45, 7) is 0. The number of amides is 1. The lowest BCUT2D eigenvalue weighted by atomic mass is 10.2. The lowest BCUT2D eigenvalue weighted by molar-refractivity contribution is -0.113. The predicted molar refractivity (Wildman–Crippen MR) is 137 cm³/mol. The molecule has 0 bridgehead atoms. The number of rotatable bonds is 8. The van der Waals surface area contributed by atoms with Gasteiger partial charge in [-0.15, -0.1) is 10.2 Å². The topological polar surface area (TPSA) is 81.9 Å². The first kappa shape index (κ1) is 23.3. The van der Waals surface area contributed by atoms with Crippen LogP contribution in [0.5, 0.6) is 11.5 Å². The number of nitrogens with one attached hydrogen (secondary N) is 1. The maximum Gasteiger partial charge on any atom is 0.234 e. The van der Waals surface area contributed by atoms with Gasteiger partial charge in [0, 0.05) is 29.3 Å². The van der Waals surface area contributed by atoms with Gasteiger partial charge in [0.1, 0.15) is 17.3 Å². The first-order chi connectivity index (χ1) is 17.7. The van der Waals surface area contributed by atoms with Crippen molar-refractivity contribution >= 4 is 23.4 Å². The Labute approximate surface area is 211 Å². The molecule has 0 spiro atoms. The van der Waals surface area contributed by atoms with Crippen LogP contribution in [0.3, 0.4) is 0 Å². The van der Waals surface area contributed by atoms with Crippen LogP contribution < -0.4 is 10.1 Å². The Morgan fingerprint density at radius 2 is 1.56 bits per heavy atom. The number of anilines is 1. The van der Waals surface area contributed by atoms with E-state index < -0.39 is 0 Å². The summed E-state index contributed by atoms with van der Waals surface area (Å²) in [5.74, 6) is 1.55. The molecule has 0 radical (unpaired) electrons. The minimum absolute atomic E-state index is 0.109. The molecule has 178 valence electrons. The van der Waals surface area contributed by atoms with Crippen LogP contribution in [-0.2, 0) is 4.79 Å². The van der Waals surface area contributed by atoms with E-state index in [9.17, 15) is 9.18 Å². The van der Waals surface area contributed by atoms with Crippen LogP contribution in [0.25, 0.3) is 17.1 Å². The smallest absolute Gasteiger partial charge is 0.234 e. The van der Waals surface area contributed by atoms with Crippen molar-refractivity contribution in [2.24, 2.45) is 0 Å². The number of nitrogens with zero attached hydrogens (tertiary/aromatic N) is 4. The molecule has 0 atom stereocenters. The van der Waals surface area contributed by atoms with E-state index >= 15 is 0 Å². The average Bonchev–Trinajstić information content (AvgIpc) is 3.34. The molecule has 0 unspecified atom stereocenters. The van der Waals surface area contributed by atoms with Crippen molar-refractivity contribution < 1.29 is 13.9 Å². The molecule has 2 heterocycles. The number of carbonyl (C=O) groups excluding carboxylic acids is 1. The van der Waals surface area contributed by atoms with E-state index in [4.69, 9.17) is 4.74 Å². The molecule has 5 rings (SSSR count). The molecule has 0 saturated carbocycles. The van der Waals surface area contributed by atoms with Crippen molar-refractivity contribution in [1.29, 1.82) is 0 Å². The minimum atomic E-state index is -0.342. The summed E-state index contributed by atoms with van der Waals surface area (Å²) in [7, 11) is 0. The number of ether oxygens (including phenoxy) is 1. The summed E-state index contributed by atoms with van der Waals surface area (Å²) >= 11 is 1.24. The molecule has 0 aliphatic rings. The standard InChI is InChI=1S/C27H20FN5O2S/c28-20-6-10-22(11-7-20)33-26(19-14-16-29-17-15-19)31-32-27(33)36-18-25(34)30-21-8-12-24(13-9-21)35-23-4-2-1-3-5-23/h1-17H,18H2,(H,30,34). The second-order valence-corrected chi connectivity index (χ2v) is 8.57. The van der Waals surface area contributed by atoms with Gasteiger partial charge in [-0.05, 0) is 72.8 Å². The van der Waals surface area contributed by atoms with Crippen molar-refractivity contribution in [2.45, 2.75) is 5.16 Å². The van der Waals surface area contributed by atoms with Crippen LogP contribution >= 0.6 is 11.8 Å². The number of hydrogen-bond donors (Lipinski definition) is 1. The van der Waals surface area contributed by atoms with Gasteiger partial charge in [0.25, 0.3) is 0 Å². The highest BCUT2D eigenvalue weighted by molar-refractivity contribution is 7.99. The number of hydrogen-bond acceptors (Lipinski definition) is 6. The summed E-state index contributed by atoms with van der Waals surface area (Å²) < 4.78 is 21.1. The Hall–Kier alpha value is -4.50. The maximum atomic E-state index is 13.5. The minimum Gasteiger partial charge on any atom is -0.457 e. The SMILES string of the molecule is O=C(CSc1nnc(-c2ccncc2)n1-c1ccc(F)cc1)Nc1ccc(Oc2ccccc2)cc1. The zero-order valence-corrected chi connectivity index (χ0v) is 19.7. The number of para-hydroxylation sites is 1. The first-order valence-corrected chi connectivity index (χ1v) is 12.0. The third-order valence-electron chi connectivity index (χ3n) is 5.11. The van der Waals surface area contributed by atoms with Gasteiger partial charge in [-0.2, -0.15) is 0 Å². The van der Waals surface area contributed by atoms with Gasteiger partial charge < -0.3 is 10.1 Å². The fourth-order valence-electron chi connectivity index (χ4n) is 3.43. The van der Waals surface area contributed by atoms with Crippen molar-refractivity contribution in [3.05, 3.63) is 109 Å². The average molecular weight is 498 g/mol. The molecule has 5 aromatic rings. The van der Waals surface area contributed by atoms with Gasteiger partial charge >= 0.3 is 0 Å². The van der Waals surface area contributed by atoms with Crippen LogP contribution in [-0.4, -0.2) is 31.4 Å². The number of pyridine rings is 1. The molecule has 36 heavy (non-hydrogen) atoms. The molecule has 2 aromatic heterocycles. The Morgan fingerprint density at radius 3 is 2.28 bits per heavy atom. The highest BCUT2D eigenvalue weighted by atomic mass is 32.2. The lowest BCUT2D eigenvalue weighted by Gasteiger charge is -2.11. The van der Waals surface area contributed by atoms with Gasteiger partial charge in [-0.1, -0.05) is 30.0 Å². The van der Waals surface area contributed by atoms with Crippen LogP contribution in [0.4, 0.5) is 10.1 Å². The van der Waals surface area contributed by atoms with E-state index in [0.29, 0.717) is 28.1 Å². The molecule has 0 aliphatic heterocycles. The number of benzene rings is 3. The van der Waals surface area contributed by atoms with Crippen LogP contribution in [0.15, 0.2) is 109 Å². The summed E-state index contributed by atoms with van der Waals surface area (Å²) in [5.41, 5.74) is 2.14. The van der Waals surface area contributed by atoms with Crippen molar-refractivity contribution in [3.8, 4) is 28.6 Å². The Kier molecular flexibility index (Phi) is 7.00. The fraction of sp³-hybridized carbons (Fsp3) is 0.0370. The highest BCUT2D eigenvalue weighted by Gasteiger charge is 2.17. The third kappa shape index (κ3) is 5.59. The number of aromatic nitrogens is 4. The molecular formula is C27H20FN5O2S. The number of carbonyl (C=O) groups is 1. The molecule has 0 fully saturated rings. The van der Waals surface area contributed by atoms with Gasteiger partial charge in [-0.25, -0.2) is 4.39 Å². The lowest BCUT2D eigenvalue weighted by Crippen LogP contribution is -2.14. The second kappa shape index (κ2) is 10.8. The van der Waals surface area contributed by atoms with Crippen LogP contribution in [0.2, 0.25) is 0 Å². The Balaban J connectivity index is 1.28. The highest BCUT2D eigenvalue weighted by Crippen LogP contribution is 2.28. The number of thioether (sulfide) groups is 1. The van der Waals surface area contributed by atoms with E-state index in [0.717, 1.165) is 11.3 Å². The molecular weight excluding hydrogens is 477 g/mol. The van der Waals surface area contributed by atoms with Crippen LogP contribution in [0, 0.1) is 5.82 Å². The van der Waals surface area contributed by atoms with E-state index in [1.165, 1.54) is 23.9 Å². The molecule has 1 N–H and O–H groups in total. The van der Waals surface area contributed by atoms with Gasteiger partial charge in [0.2, 0.25) is 5.91 Å². The monoisotopic (exact) mass is 497 g/mol. The van der Waals surface area contributed by atoms with E-state index in [2.05, 4.69) is 20.5 Å². The second-order valence-electron chi connectivity index (χ2n) is 7.63. The summed E-state index contributed by atoms with van der Waals surface area (Å²) in [6, 6.07) is 26.3. The summed E-state index contributed by atoms with van der Waals surface area (Å²) in [6.07, 6.45) is 3.32. The summed E-state index contributed by atoms with van der Waals surface area (Å²) in [4.78, 5) is 16.7. The van der Waals surface area contributed by atoms with E-state index in [1.807, 2.05) is 42.5 Å². The molecule has 0 saturated heterocycles. The van der Waals surface area contributed by atoms with E-state index in [1.54, 1.807) is 53.4 Å². The largest absolute Gasteiger partial charge is 0.457 e. The molecule has 1 amide bonds. The molecule has 7 nitrogen and oxygen atoms in total. The molecule has 3 aromatic carbocycles. The Morgan fingerprint density at radius 1 is 0.861 bits per heavy atom. The van der Waals surface area contributed by atoms with E-state index in [-0.39, 0.29) is 17.5 Å². The molecule has 0 aliphatic carbocycles. The van der Waals surface area contributed by atoms with Gasteiger partial charge in [0.05, 0.1) is 5.75 Å². The zero-order chi connectivity index (χ0) is 24.7. The maximum absolute atomic E-state index is 13.5. The van der Waals surface area contributed by atoms with Crippen molar-refractivity contribution in [3.63, 3.8) is 0 Å². The zero-order valence-electron chi connectivity index (χ0n) is 18.9. The molecule has 9 heteroatoms. The van der Waals surface area contributed by atoms with Crippen LogP contribution in [0.1, 0.15) is 0 Å². The van der Waals surface area contributed by atoms with Crippen molar-refractivity contribution in [2.75, 3.05) is 11.1 Å². The summed E-state index contributed by atoms with van der Waals surface area (Å²) in [5, 5.41) is 12.0. The number of halogens is 1. The normalized spacial score (nSPS) is 10.7. The first-order valence-electron chi connectivity index (χ1n) is 11.0. The third-order valence-corrected chi connectivity index (χ3v) is 6.03. The van der Waals surface area contributed by atoms with Gasteiger partial charge in [-0.3, -0.25) is 14.3 Å². The van der Waals surface area contributed by atoms with Crippen molar-refractivity contribution in [1.82, 2.24) is 19.7 Å². The predicted octanol–water partition coefficient (Wildman–Crippen LogP) is 5.99.